The second-order valence-corrected chi connectivity index (χ2v) is 8.20. The molecule has 2 heterocycles. The van der Waals surface area contributed by atoms with Crippen LogP contribution in [-0.2, 0) is 16.0 Å². The first-order valence-electron chi connectivity index (χ1n) is 9.44. The van der Waals surface area contributed by atoms with Gasteiger partial charge in [-0.25, -0.2) is 14.6 Å². The maximum atomic E-state index is 13.2. The Morgan fingerprint density at radius 1 is 1.38 bits per heavy atom. The third kappa shape index (κ3) is 4.51. The molecule has 1 aliphatic heterocycles. The normalized spacial score (nSPS) is 17.0. The average Bonchev–Trinajstić information content (AvgIpc) is 3.16. The van der Waals surface area contributed by atoms with Crippen LogP contribution in [0, 0.1) is 5.92 Å². The van der Waals surface area contributed by atoms with E-state index in [1.165, 1.54) is 7.11 Å². The highest BCUT2D eigenvalue weighted by Gasteiger charge is 2.37. The molecule has 0 fully saturated rings. The number of hydrogen-bond acceptors (Lipinski definition) is 4. The summed E-state index contributed by atoms with van der Waals surface area (Å²) in [6, 6.07) is 3.68. The van der Waals surface area contributed by atoms with Crippen molar-refractivity contribution in [3.05, 3.63) is 51.5 Å². The number of hydrogen-bond donors (Lipinski definition) is 2. The lowest BCUT2D eigenvalue weighted by Crippen LogP contribution is -2.51. The van der Waals surface area contributed by atoms with Gasteiger partial charge in [-0.2, -0.15) is 0 Å². The number of H-pyrrole nitrogens is 1. The van der Waals surface area contributed by atoms with Crippen LogP contribution in [0.15, 0.2) is 24.5 Å². The SMILES string of the molecule is COC(=O)[C@H](CC(C)C)NC(=O)N1CCc2[nH]cnc2[C@@H]1c1cccc(Cl)c1Cl. The molecule has 3 rings (SSSR count). The van der Waals surface area contributed by atoms with E-state index in [9.17, 15) is 9.59 Å². The first kappa shape index (κ1) is 21.5. The van der Waals surface area contributed by atoms with Gasteiger partial charge >= 0.3 is 12.0 Å². The number of methoxy groups -OCH3 is 1. The van der Waals surface area contributed by atoms with Crippen LogP contribution < -0.4 is 5.32 Å². The van der Waals surface area contributed by atoms with Crippen LogP contribution in [-0.4, -0.2) is 46.6 Å². The minimum absolute atomic E-state index is 0.205. The van der Waals surface area contributed by atoms with Crippen molar-refractivity contribution >= 4 is 35.2 Å². The average molecular weight is 439 g/mol. The first-order valence-corrected chi connectivity index (χ1v) is 10.2. The van der Waals surface area contributed by atoms with Crippen molar-refractivity contribution in [3.63, 3.8) is 0 Å². The van der Waals surface area contributed by atoms with E-state index < -0.39 is 18.1 Å². The number of amides is 2. The molecule has 0 radical (unpaired) electrons. The van der Waals surface area contributed by atoms with Gasteiger partial charge in [-0.15, -0.1) is 0 Å². The summed E-state index contributed by atoms with van der Waals surface area (Å²) >= 11 is 12.7. The maximum Gasteiger partial charge on any atom is 0.328 e. The number of aromatic amines is 1. The molecule has 2 N–H and O–H groups in total. The predicted octanol–water partition coefficient (Wildman–Crippen LogP) is 3.96. The zero-order valence-electron chi connectivity index (χ0n) is 16.5. The molecule has 2 amide bonds. The first-order chi connectivity index (χ1) is 13.8. The van der Waals surface area contributed by atoms with Gasteiger partial charge in [0.1, 0.15) is 12.1 Å². The Bertz CT molecular complexity index is 900. The molecule has 1 aromatic carbocycles. The largest absolute Gasteiger partial charge is 0.467 e. The maximum absolute atomic E-state index is 13.2. The fourth-order valence-corrected chi connectivity index (χ4v) is 4.01. The minimum Gasteiger partial charge on any atom is -0.467 e. The molecule has 2 aromatic rings. The molecule has 0 saturated carbocycles. The van der Waals surface area contributed by atoms with E-state index in [1.54, 1.807) is 23.4 Å². The fourth-order valence-electron chi connectivity index (χ4n) is 3.60. The van der Waals surface area contributed by atoms with Crippen molar-refractivity contribution < 1.29 is 14.3 Å². The molecular formula is C20H24Cl2N4O3. The Kier molecular flexibility index (Phi) is 6.70. The van der Waals surface area contributed by atoms with Gasteiger partial charge in [0.25, 0.3) is 0 Å². The van der Waals surface area contributed by atoms with E-state index in [-0.39, 0.29) is 11.9 Å². The molecule has 0 unspecified atom stereocenters. The summed E-state index contributed by atoms with van der Waals surface area (Å²) in [6.45, 7) is 4.39. The number of benzene rings is 1. The Balaban J connectivity index is 1.95. The highest BCUT2D eigenvalue weighted by atomic mass is 35.5. The van der Waals surface area contributed by atoms with Gasteiger partial charge in [0.2, 0.25) is 0 Å². The molecule has 7 nitrogen and oxygen atoms in total. The number of aromatic nitrogens is 2. The molecule has 29 heavy (non-hydrogen) atoms. The number of halogens is 2. The van der Waals surface area contributed by atoms with Gasteiger partial charge in [0, 0.05) is 24.2 Å². The van der Waals surface area contributed by atoms with E-state index in [1.807, 2.05) is 19.9 Å². The molecule has 156 valence electrons. The Morgan fingerprint density at radius 3 is 2.83 bits per heavy atom. The zero-order valence-corrected chi connectivity index (χ0v) is 18.0. The van der Waals surface area contributed by atoms with Crippen molar-refractivity contribution in [3.8, 4) is 0 Å². The van der Waals surface area contributed by atoms with Crippen molar-refractivity contribution in [1.82, 2.24) is 20.2 Å². The minimum atomic E-state index is -0.733. The zero-order chi connectivity index (χ0) is 21.1. The third-order valence-corrected chi connectivity index (χ3v) is 5.79. The van der Waals surface area contributed by atoms with Crippen molar-refractivity contribution in [1.29, 1.82) is 0 Å². The topological polar surface area (TPSA) is 87.3 Å². The Labute approximate surface area is 179 Å². The second kappa shape index (κ2) is 9.05. The number of nitrogens with one attached hydrogen (secondary N) is 2. The van der Waals surface area contributed by atoms with Crippen LogP contribution in [0.4, 0.5) is 4.79 Å². The van der Waals surface area contributed by atoms with Gasteiger partial charge in [-0.3, -0.25) is 0 Å². The third-order valence-electron chi connectivity index (χ3n) is 4.95. The lowest BCUT2D eigenvalue weighted by atomic mass is 9.95. The standard InChI is InChI=1S/C20H24Cl2N4O3/c1-11(2)9-15(19(27)29-3)25-20(28)26-8-7-14-17(24-10-23-14)18(26)12-5-4-6-13(21)16(12)22/h4-6,10-11,15,18H,7-9H2,1-3H3,(H,23,24)(H,25,28)/t15-,18-/m0/s1. The summed E-state index contributed by atoms with van der Waals surface area (Å²) in [4.78, 5) is 34.6. The Hall–Kier alpha value is -2.25. The van der Waals surface area contributed by atoms with Gasteiger partial charge in [-0.1, -0.05) is 49.2 Å². The predicted molar refractivity (Wildman–Crippen MR) is 111 cm³/mol. The van der Waals surface area contributed by atoms with Crippen LogP contribution in [0.1, 0.15) is 43.3 Å². The van der Waals surface area contributed by atoms with Crippen LogP contribution >= 0.6 is 23.2 Å². The van der Waals surface area contributed by atoms with Crippen LogP contribution in [0.2, 0.25) is 10.0 Å². The Morgan fingerprint density at radius 2 is 2.14 bits per heavy atom. The summed E-state index contributed by atoms with van der Waals surface area (Å²) in [6.07, 6.45) is 2.69. The summed E-state index contributed by atoms with van der Waals surface area (Å²) in [5.41, 5.74) is 2.34. The van der Waals surface area contributed by atoms with E-state index in [2.05, 4.69) is 15.3 Å². The summed E-state index contributed by atoms with van der Waals surface area (Å²) in [7, 11) is 1.31. The lowest BCUT2D eigenvalue weighted by Gasteiger charge is -2.36. The van der Waals surface area contributed by atoms with Crippen molar-refractivity contribution in [2.75, 3.05) is 13.7 Å². The number of fused-ring (bicyclic) bond motifs is 1. The molecule has 0 spiro atoms. The van der Waals surface area contributed by atoms with E-state index in [4.69, 9.17) is 27.9 Å². The van der Waals surface area contributed by atoms with Gasteiger partial charge < -0.3 is 19.9 Å². The number of rotatable bonds is 5. The summed E-state index contributed by atoms with van der Waals surface area (Å²) in [5.74, 6) is -0.265. The highest BCUT2D eigenvalue weighted by molar-refractivity contribution is 6.42. The number of imidazole rings is 1. The highest BCUT2D eigenvalue weighted by Crippen LogP contribution is 2.39. The van der Waals surface area contributed by atoms with Gasteiger partial charge in [0.15, 0.2) is 0 Å². The molecule has 0 bridgehead atoms. The number of ether oxygens (including phenoxy) is 1. The van der Waals surface area contributed by atoms with E-state index >= 15 is 0 Å². The van der Waals surface area contributed by atoms with Crippen LogP contribution in [0.3, 0.4) is 0 Å². The summed E-state index contributed by atoms with van der Waals surface area (Å²) in [5, 5.41) is 3.60. The molecule has 0 saturated heterocycles. The fraction of sp³-hybridized carbons (Fsp3) is 0.450. The van der Waals surface area contributed by atoms with Crippen molar-refractivity contribution in [2.24, 2.45) is 5.92 Å². The van der Waals surface area contributed by atoms with Crippen LogP contribution in [0.5, 0.6) is 0 Å². The van der Waals surface area contributed by atoms with Gasteiger partial charge in [-0.05, 0) is 18.4 Å². The van der Waals surface area contributed by atoms with Crippen molar-refractivity contribution in [2.45, 2.75) is 38.8 Å². The smallest absolute Gasteiger partial charge is 0.328 e. The molecule has 0 aliphatic carbocycles. The van der Waals surface area contributed by atoms with Gasteiger partial charge in [0.05, 0.1) is 29.2 Å². The van der Waals surface area contributed by atoms with Crippen LogP contribution in [0.25, 0.3) is 0 Å². The molecule has 9 heteroatoms. The quantitative estimate of drug-likeness (QED) is 0.691. The molecule has 1 aromatic heterocycles. The molecule has 2 atom stereocenters. The number of carbonyl (C=O) groups is 2. The molecule has 1 aliphatic rings. The number of esters is 1. The monoisotopic (exact) mass is 438 g/mol. The number of urea groups is 1. The lowest BCUT2D eigenvalue weighted by molar-refractivity contribution is -0.143. The number of nitrogens with zero attached hydrogens (tertiary/aromatic N) is 2. The molecular weight excluding hydrogens is 415 g/mol. The van der Waals surface area contributed by atoms with E-state index in [0.29, 0.717) is 40.7 Å². The second-order valence-electron chi connectivity index (χ2n) is 7.41. The summed E-state index contributed by atoms with van der Waals surface area (Å²) < 4.78 is 4.86. The van der Waals surface area contributed by atoms with E-state index in [0.717, 1.165) is 5.69 Å². The number of carbonyl (C=O) groups excluding carboxylic acids is 2.